The summed E-state index contributed by atoms with van der Waals surface area (Å²) in [5.74, 6) is 0.386. The lowest BCUT2D eigenvalue weighted by Crippen LogP contribution is -2.26. The molecule has 1 heterocycles. The zero-order valence-corrected chi connectivity index (χ0v) is 12.9. The van der Waals surface area contributed by atoms with Gasteiger partial charge in [-0.15, -0.1) is 0 Å². The number of carbonyl (C=O) groups is 1. The molecule has 0 bridgehead atoms. The first-order chi connectivity index (χ1) is 11.8. The molecule has 1 N–H and O–H groups in total. The molecule has 0 aliphatic carbocycles. The van der Waals surface area contributed by atoms with Crippen LogP contribution in [0, 0.1) is 0 Å². The first-order valence-electron chi connectivity index (χ1n) is 7.72. The van der Waals surface area contributed by atoms with Crippen LogP contribution >= 0.6 is 0 Å². The molecule has 0 saturated heterocycles. The van der Waals surface area contributed by atoms with Gasteiger partial charge in [-0.3, -0.25) is 4.79 Å². The fraction of sp³-hybridized carbons (Fsp3) is 0. The van der Waals surface area contributed by atoms with Gasteiger partial charge in [0.2, 0.25) is 5.95 Å². The Labute approximate surface area is 139 Å². The molecule has 3 aromatic carbocycles. The van der Waals surface area contributed by atoms with Crippen LogP contribution in [0.5, 0.6) is 0 Å². The smallest absolute Gasteiger partial charge is 0.265 e. The van der Waals surface area contributed by atoms with Crippen molar-refractivity contribution in [2.45, 2.75) is 0 Å². The molecule has 4 aromatic rings. The maximum atomic E-state index is 13.1. The van der Waals surface area contributed by atoms with Gasteiger partial charge in [0.05, 0.1) is 16.7 Å². The monoisotopic (exact) mass is 313 g/mol. The Morgan fingerprint density at radius 1 is 0.792 bits per heavy atom. The van der Waals surface area contributed by atoms with Gasteiger partial charge in [0.25, 0.3) is 5.91 Å². The number of aromatic amines is 1. The van der Waals surface area contributed by atoms with Crippen LogP contribution in [0.2, 0.25) is 0 Å². The highest BCUT2D eigenvalue weighted by molar-refractivity contribution is 6.10. The summed E-state index contributed by atoms with van der Waals surface area (Å²) in [6.07, 6.45) is 0. The molecule has 24 heavy (non-hydrogen) atoms. The number of hydrogen-bond acceptors (Lipinski definition) is 2. The predicted molar refractivity (Wildman–Crippen MR) is 95.4 cm³/mol. The van der Waals surface area contributed by atoms with Gasteiger partial charge in [-0.1, -0.05) is 48.5 Å². The van der Waals surface area contributed by atoms with E-state index in [1.165, 1.54) is 0 Å². The van der Waals surface area contributed by atoms with Crippen LogP contribution in [0.4, 0.5) is 11.6 Å². The highest BCUT2D eigenvalue weighted by atomic mass is 16.2. The number of amides is 1. The Kier molecular flexibility index (Phi) is 3.56. The van der Waals surface area contributed by atoms with Crippen LogP contribution < -0.4 is 4.90 Å². The molecular formula is C20H15N3O. The van der Waals surface area contributed by atoms with Crippen molar-refractivity contribution in [3.63, 3.8) is 0 Å². The quantitative estimate of drug-likeness (QED) is 0.603. The summed E-state index contributed by atoms with van der Waals surface area (Å²) < 4.78 is 0. The van der Waals surface area contributed by atoms with Crippen LogP contribution in [-0.4, -0.2) is 15.9 Å². The molecular weight excluding hydrogens is 298 g/mol. The number of fused-ring (bicyclic) bond motifs is 1. The molecule has 0 radical (unpaired) electrons. The number of nitrogens with zero attached hydrogens (tertiary/aromatic N) is 2. The van der Waals surface area contributed by atoms with Gasteiger partial charge in [0.15, 0.2) is 0 Å². The molecule has 4 rings (SSSR count). The molecule has 0 aliphatic heterocycles. The molecule has 0 aliphatic rings. The van der Waals surface area contributed by atoms with Crippen molar-refractivity contribution in [3.05, 3.63) is 90.5 Å². The number of benzene rings is 3. The van der Waals surface area contributed by atoms with Gasteiger partial charge in [0, 0.05) is 5.56 Å². The third-order valence-corrected chi connectivity index (χ3v) is 3.83. The molecule has 1 amide bonds. The van der Waals surface area contributed by atoms with Crippen molar-refractivity contribution in [2.24, 2.45) is 0 Å². The summed E-state index contributed by atoms with van der Waals surface area (Å²) >= 11 is 0. The summed E-state index contributed by atoms with van der Waals surface area (Å²) in [6.45, 7) is 0. The second-order valence-corrected chi connectivity index (χ2v) is 5.42. The van der Waals surface area contributed by atoms with Crippen molar-refractivity contribution >= 4 is 28.6 Å². The molecule has 0 atom stereocenters. The zero-order chi connectivity index (χ0) is 16.4. The van der Waals surface area contributed by atoms with Crippen molar-refractivity contribution < 1.29 is 4.79 Å². The summed E-state index contributed by atoms with van der Waals surface area (Å²) in [5.41, 5.74) is 3.11. The topological polar surface area (TPSA) is 49.0 Å². The Hall–Kier alpha value is -3.40. The van der Waals surface area contributed by atoms with Gasteiger partial charge in [0.1, 0.15) is 0 Å². The first kappa shape index (κ1) is 14.2. The number of H-pyrrole nitrogens is 1. The molecule has 0 unspecified atom stereocenters. The second-order valence-electron chi connectivity index (χ2n) is 5.42. The molecule has 4 nitrogen and oxygen atoms in total. The van der Waals surface area contributed by atoms with Gasteiger partial charge >= 0.3 is 0 Å². The van der Waals surface area contributed by atoms with Crippen LogP contribution in [0.15, 0.2) is 84.9 Å². The lowest BCUT2D eigenvalue weighted by Gasteiger charge is -2.20. The highest BCUT2D eigenvalue weighted by Crippen LogP contribution is 2.27. The molecule has 0 saturated carbocycles. The normalized spacial score (nSPS) is 10.7. The minimum absolute atomic E-state index is 0.124. The van der Waals surface area contributed by atoms with Crippen LogP contribution in [0.3, 0.4) is 0 Å². The summed E-state index contributed by atoms with van der Waals surface area (Å²) in [4.78, 5) is 22.5. The average Bonchev–Trinajstić information content (AvgIpc) is 3.07. The second kappa shape index (κ2) is 6.01. The maximum absolute atomic E-state index is 13.1. The Morgan fingerprint density at radius 3 is 2.12 bits per heavy atom. The van der Waals surface area contributed by atoms with E-state index in [4.69, 9.17) is 0 Å². The van der Waals surface area contributed by atoms with E-state index in [0.29, 0.717) is 11.5 Å². The number of carbonyl (C=O) groups excluding carboxylic acids is 1. The van der Waals surface area contributed by atoms with E-state index in [9.17, 15) is 4.79 Å². The van der Waals surface area contributed by atoms with Gasteiger partial charge in [-0.2, -0.15) is 0 Å². The van der Waals surface area contributed by atoms with Gasteiger partial charge < -0.3 is 4.98 Å². The highest BCUT2D eigenvalue weighted by Gasteiger charge is 2.22. The molecule has 4 heteroatoms. The molecule has 1 aromatic heterocycles. The number of nitrogens with one attached hydrogen (secondary N) is 1. The minimum Gasteiger partial charge on any atom is -0.323 e. The van der Waals surface area contributed by atoms with Crippen molar-refractivity contribution in [1.82, 2.24) is 9.97 Å². The minimum atomic E-state index is -0.124. The molecule has 0 spiro atoms. The predicted octanol–water partition coefficient (Wildman–Crippen LogP) is 4.54. The number of rotatable bonds is 3. The van der Waals surface area contributed by atoms with Crippen molar-refractivity contribution in [1.29, 1.82) is 0 Å². The van der Waals surface area contributed by atoms with Crippen LogP contribution in [0.1, 0.15) is 10.4 Å². The Morgan fingerprint density at radius 2 is 1.42 bits per heavy atom. The zero-order valence-electron chi connectivity index (χ0n) is 12.9. The maximum Gasteiger partial charge on any atom is 0.265 e. The van der Waals surface area contributed by atoms with Crippen molar-refractivity contribution in [2.75, 3.05) is 4.90 Å². The number of para-hydroxylation sites is 3. The fourth-order valence-corrected chi connectivity index (χ4v) is 2.67. The number of aromatic nitrogens is 2. The van der Waals surface area contributed by atoms with E-state index in [1.807, 2.05) is 72.8 Å². The average molecular weight is 313 g/mol. The van der Waals surface area contributed by atoms with E-state index in [2.05, 4.69) is 9.97 Å². The van der Waals surface area contributed by atoms with Crippen molar-refractivity contribution in [3.8, 4) is 0 Å². The number of anilines is 2. The third-order valence-electron chi connectivity index (χ3n) is 3.83. The number of hydrogen-bond donors (Lipinski definition) is 1. The Balaban J connectivity index is 1.86. The van der Waals surface area contributed by atoms with Crippen LogP contribution in [-0.2, 0) is 0 Å². The summed E-state index contributed by atoms with van der Waals surface area (Å²) in [5, 5.41) is 0. The van der Waals surface area contributed by atoms with E-state index in [0.717, 1.165) is 16.7 Å². The Bertz CT molecular complexity index is 944. The van der Waals surface area contributed by atoms with Gasteiger partial charge in [-0.25, -0.2) is 9.88 Å². The van der Waals surface area contributed by atoms with E-state index in [1.54, 1.807) is 17.0 Å². The van der Waals surface area contributed by atoms with E-state index >= 15 is 0 Å². The molecule has 116 valence electrons. The van der Waals surface area contributed by atoms with Gasteiger partial charge in [-0.05, 0) is 36.4 Å². The number of imidazole rings is 1. The van der Waals surface area contributed by atoms with E-state index < -0.39 is 0 Å². The molecule has 0 fully saturated rings. The lowest BCUT2D eigenvalue weighted by molar-refractivity contribution is 0.0998. The standard InChI is InChI=1S/C20H15N3O/c24-19(15-9-3-1-4-10-15)23(16-11-5-2-6-12-16)20-21-17-13-7-8-14-18(17)22-20/h1-14H,(H,21,22). The lowest BCUT2D eigenvalue weighted by atomic mass is 10.2. The SMILES string of the molecule is O=C(c1ccccc1)N(c1ccccc1)c1nc2ccccc2[nH]1. The summed E-state index contributed by atoms with van der Waals surface area (Å²) in [7, 11) is 0. The first-order valence-corrected chi connectivity index (χ1v) is 7.72. The fourth-order valence-electron chi connectivity index (χ4n) is 2.67. The summed E-state index contributed by atoms with van der Waals surface area (Å²) in [6, 6.07) is 26.5. The largest absolute Gasteiger partial charge is 0.323 e. The van der Waals surface area contributed by atoms with Crippen LogP contribution in [0.25, 0.3) is 11.0 Å². The third kappa shape index (κ3) is 2.54. The van der Waals surface area contributed by atoms with E-state index in [-0.39, 0.29) is 5.91 Å².